The van der Waals surface area contributed by atoms with Gasteiger partial charge in [-0.1, -0.05) is 218 Å². The standard InChI is InChI=1S/3C26H24P2.2Cu.2HNO3/c3*1-5-13-23(14-6-1)27(24-15-7-2-8-16-24)21-22-28(25-17-9-3-10-18-25)26-19-11-4-12-20-26;;;2*2-1(3)4/h3*1-20H,21-22H2;;;2*(H,2,3,4)/p+6. The van der Waals surface area contributed by atoms with E-state index in [1.54, 1.807) is 0 Å². The zero-order chi connectivity index (χ0) is 64.2. The Morgan fingerprint density at radius 1 is 0.191 bits per heavy atom. The van der Waals surface area contributed by atoms with Crippen molar-refractivity contribution in [3.8, 4) is 0 Å². The van der Waals surface area contributed by atoms with Crippen molar-refractivity contribution in [2.24, 2.45) is 0 Å². The summed E-state index contributed by atoms with van der Waals surface area (Å²) in [6.45, 7) is 0. The van der Waals surface area contributed by atoms with Crippen LogP contribution in [0.15, 0.2) is 364 Å². The van der Waals surface area contributed by atoms with Crippen LogP contribution in [0.1, 0.15) is 0 Å². The van der Waals surface area contributed by atoms with E-state index < -0.39 is 57.7 Å². The Bertz CT molecular complexity index is 3030. The van der Waals surface area contributed by atoms with Gasteiger partial charge in [-0.2, -0.15) is 0 Å². The first-order chi connectivity index (χ1) is 45.2. The summed E-state index contributed by atoms with van der Waals surface area (Å²) < 4.78 is 0. The molecular formula is C78H80Cu2N2O6P6+6. The van der Waals surface area contributed by atoms with E-state index in [1.165, 1.54) is 101 Å². The van der Waals surface area contributed by atoms with Crippen LogP contribution in [0.25, 0.3) is 0 Å². The molecule has 94 heavy (non-hydrogen) atoms. The monoisotopic (exact) mass is 1450 g/mol. The quantitative estimate of drug-likeness (QED) is 0.0319. The summed E-state index contributed by atoms with van der Waals surface area (Å²) in [4.78, 5) is 16.7. The molecule has 12 aromatic carbocycles. The van der Waals surface area contributed by atoms with Crippen molar-refractivity contribution in [3.63, 3.8) is 0 Å². The smallest absolute Gasteiger partial charge is 0.291 e. The second kappa shape index (κ2) is 43.6. The predicted molar refractivity (Wildman–Crippen MR) is 410 cm³/mol. The summed E-state index contributed by atoms with van der Waals surface area (Å²) in [5.41, 5.74) is 0. The summed E-state index contributed by atoms with van der Waals surface area (Å²) >= 11 is 0. The van der Waals surface area contributed by atoms with Gasteiger partial charge in [0.25, 0.3) is 10.2 Å². The molecule has 16 heteroatoms. The maximum atomic E-state index is 8.36. The molecule has 0 aliphatic rings. The van der Waals surface area contributed by atoms with Crippen molar-refractivity contribution in [2.75, 3.05) is 37.0 Å². The van der Waals surface area contributed by atoms with E-state index in [0.717, 1.165) is 0 Å². The molecule has 0 amide bonds. The molecule has 8 nitrogen and oxygen atoms in total. The van der Waals surface area contributed by atoms with Gasteiger partial charge in [-0.25, -0.2) is 0 Å². The molecule has 0 saturated carbocycles. The minimum Gasteiger partial charge on any atom is -0.328 e. The van der Waals surface area contributed by atoms with Gasteiger partial charge in [-0.05, 0) is 146 Å². The molecule has 484 valence electrons. The molecule has 0 fully saturated rings. The number of benzene rings is 12. The van der Waals surface area contributed by atoms with Gasteiger partial charge < -0.3 is 10.4 Å². The van der Waals surface area contributed by atoms with Gasteiger partial charge in [0.05, 0.1) is 111 Å². The second-order valence-electron chi connectivity index (χ2n) is 21.2. The second-order valence-corrected chi connectivity index (χ2v) is 36.9. The Kier molecular flexibility index (Phi) is 35.1. The van der Waals surface area contributed by atoms with Crippen molar-refractivity contribution < 1.29 is 54.7 Å². The number of rotatable bonds is 21. The van der Waals surface area contributed by atoms with E-state index >= 15 is 0 Å². The fourth-order valence-electron chi connectivity index (χ4n) is 11.2. The van der Waals surface area contributed by atoms with Crippen molar-refractivity contribution in [2.45, 2.75) is 0 Å². The number of hydrogen-bond acceptors (Lipinski definition) is 4. The molecule has 0 heterocycles. The minimum atomic E-state index is -1.50. The third-order valence-corrected chi connectivity index (χ3v) is 33.7. The van der Waals surface area contributed by atoms with Gasteiger partial charge in [0.1, 0.15) is 37.0 Å². The van der Waals surface area contributed by atoms with Gasteiger partial charge in [0.15, 0.2) is 0 Å². The molecule has 2 radical (unpaired) electrons. The summed E-state index contributed by atoms with van der Waals surface area (Å²) in [6, 6.07) is 134. The zero-order valence-corrected chi connectivity index (χ0v) is 59.8. The van der Waals surface area contributed by atoms with Gasteiger partial charge >= 0.3 is 0 Å². The molecule has 0 spiro atoms. The van der Waals surface area contributed by atoms with Gasteiger partial charge in [0, 0.05) is 34.1 Å². The summed E-state index contributed by atoms with van der Waals surface area (Å²) in [6.07, 6.45) is 7.56. The van der Waals surface area contributed by atoms with E-state index in [2.05, 4.69) is 364 Å². The minimum absolute atomic E-state index is 0. The molecule has 0 bridgehead atoms. The van der Waals surface area contributed by atoms with Crippen LogP contribution in [0, 0.1) is 20.2 Å². The first kappa shape index (κ1) is 75.7. The maximum absolute atomic E-state index is 8.36. The van der Waals surface area contributed by atoms with E-state index in [1.807, 2.05) is 0 Å². The Morgan fingerprint density at radius 2 is 0.255 bits per heavy atom. The van der Waals surface area contributed by atoms with Crippen LogP contribution in [0.3, 0.4) is 0 Å². The summed E-state index contributed by atoms with van der Waals surface area (Å²) in [7, 11) is -4.70. The molecule has 0 aromatic heterocycles. The van der Waals surface area contributed by atoms with E-state index in [9.17, 15) is 0 Å². The first-order valence-corrected chi connectivity index (χ1v) is 40.9. The molecule has 0 atom stereocenters. The average molecular weight is 1450 g/mol. The van der Waals surface area contributed by atoms with Crippen molar-refractivity contribution in [1.29, 1.82) is 0 Å². The third-order valence-electron chi connectivity index (χ3n) is 15.3. The summed E-state index contributed by atoms with van der Waals surface area (Å²) in [5.74, 6) is 0. The van der Waals surface area contributed by atoms with Crippen LogP contribution in [-0.4, -0.2) is 57.6 Å². The van der Waals surface area contributed by atoms with Crippen LogP contribution >= 0.6 is 47.5 Å². The fourth-order valence-corrected chi connectivity index (χ4v) is 29.8. The number of nitrogens with zero attached hydrogens (tertiary/aromatic N) is 2. The Balaban J connectivity index is 0.000000209. The average Bonchev–Trinajstić information content (AvgIpc) is 0.921. The molecule has 0 unspecified atom stereocenters. The topological polar surface area (TPSA) is 127 Å². The van der Waals surface area contributed by atoms with Crippen molar-refractivity contribution in [1.82, 2.24) is 0 Å². The van der Waals surface area contributed by atoms with Crippen LogP contribution in [0.2, 0.25) is 0 Å². The third kappa shape index (κ3) is 25.8. The molecule has 2 N–H and O–H groups in total. The zero-order valence-electron chi connectivity index (χ0n) is 51.9. The van der Waals surface area contributed by atoms with Crippen molar-refractivity contribution >= 4 is 111 Å². The predicted octanol–water partition coefficient (Wildman–Crippen LogP) is 13.4. The van der Waals surface area contributed by atoms with Gasteiger partial charge in [0.2, 0.25) is 0 Å². The Morgan fingerprint density at radius 3 is 0.319 bits per heavy atom. The van der Waals surface area contributed by atoms with E-state index in [-0.39, 0.29) is 34.1 Å². The van der Waals surface area contributed by atoms with E-state index in [4.69, 9.17) is 30.6 Å². The molecule has 12 aromatic rings. The molecule has 0 saturated heterocycles. The van der Waals surface area contributed by atoms with Crippen LogP contribution in [-0.2, 0) is 34.1 Å². The van der Waals surface area contributed by atoms with Crippen LogP contribution < -0.4 is 63.7 Å². The molecular weight excluding hydrogens is 1370 g/mol. The Hall–Kier alpha value is -7.34. The number of hydrogen-bond donors (Lipinski definition) is 2. The molecule has 0 aliphatic carbocycles. The first-order valence-electron chi connectivity index (χ1n) is 30.7. The van der Waals surface area contributed by atoms with Gasteiger partial charge in [-0.3, -0.25) is 0 Å². The van der Waals surface area contributed by atoms with Crippen LogP contribution in [0.4, 0.5) is 0 Å². The van der Waals surface area contributed by atoms with Crippen LogP contribution in [0.5, 0.6) is 0 Å². The van der Waals surface area contributed by atoms with Gasteiger partial charge in [-0.15, -0.1) is 20.2 Å². The molecule has 0 aliphatic heterocycles. The Labute approximate surface area is 582 Å². The largest absolute Gasteiger partial charge is 0.328 e. The fraction of sp³-hybridized carbons (Fsp3) is 0.0769. The normalized spacial score (nSPS) is 10.4. The SMILES string of the molecule is O=[N+]([O-])O.O=[N+]([O-])O.[Cu].[Cu].c1ccc([PH+](CC[PH+](c2ccccc2)c2ccccc2)c2ccccc2)cc1.c1ccc([PH+](CC[PH+](c2ccccc2)c2ccccc2)c2ccccc2)cc1.c1ccc([PH+](CC[PH+](c2ccccc2)c2ccccc2)c2ccccc2)cc1. The molecule has 12 rings (SSSR count). The summed E-state index contributed by atoms with van der Waals surface area (Å²) in [5, 5.41) is 45.5. The maximum Gasteiger partial charge on any atom is 0.291 e. The van der Waals surface area contributed by atoms with Crippen molar-refractivity contribution in [3.05, 3.63) is 384 Å². The van der Waals surface area contributed by atoms with E-state index in [0.29, 0.717) is 0 Å².